The van der Waals surface area contributed by atoms with Crippen LogP contribution in [-0.4, -0.2) is 29.4 Å². The molecule has 3 heterocycles. The summed E-state index contributed by atoms with van der Waals surface area (Å²) in [4.78, 5) is 17.4. The second kappa shape index (κ2) is 6.32. The first-order chi connectivity index (χ1) is 11.8. The van der Waals surface area contributed by atoms with E-state index in [2.05, 4.69) is 15.5 Å². The zero-order valence-corrected chi connectivity index (χ0v) is 13.3. The molecule has 0 fully saturated rings. The SMILES string of the molecule is O=C(NCCc1nc(-c2cccs2)no1)c1ccc2c(c1)OCO2. The zero-order valence-electron chi connectivity index (χ0n) is 12.5. The Kier molecular flexibility index (Phi) is 3.87. The topological polar surface area (TPSA) is 86.5 Å². The van der Waals surface area contributed by atoms with E-state index in [4.69, 9.17) is 14.0 Å². The van der Waals surface area contributed by atoms with Crippen LogP contribution in [0.3, 0.4) is 0 Å². The molecule has 7 nitrogen and oxygen atoms in total. The Morgan fingerprint density at radius 3 is 3.04 bits per heavy atom. The van der Waals surface area contributed by atoms with Crippen LogP contribution in [0.1, 0.15) is 16.2 Å². The van der Waals surface area contributed by atoms with Crippen molar-refractivity contribution in [1.82, 2.24) is 15.5 Å². The molecule has 1 amide bonds. The molecule has 3 aromatic rings. The first-order valence-corrected chi connectivity index (χ1v) is 8.22. The van der Waals surface area contributed by atoms with Gasteiger partial charge in [0.05, 0.1) is 4.88 Å². The van der Waals surface area contributed by atoms with E-state index in [0.717, 1.165) is 4.88 Å². The predicted molar refractivity (Wildman–Crippen MR) is 86.2 cm³/mol. The third-order valence-electron chi connectivity index (χ3n) is 3.47. The molecule has 0 radical (unpaired) electrons. The largest absolute Gasteiger partial charge is 0.454 e. The lowest BCUT2D eigenvalue weighted by Gasteiger charge is -2.04. The maximum Gasteiger partial charge on any atom is 0.251 e. The van der Waals surface area contributed by atoms with Crippen LogP contribution in [0.2, 0.25) is 0 Å². The summed E-state index contributed by atoms with van der Waals surface area (Å²) in [5.41, 5.74) is 0.518. The van der Waals surface area contributed by atoms with Gasteiger partial charge in [-0.05, 0) is 29.6 Å². The van der Waals surface area contributed by atoms with Crippen molar-refractivity contribution in [1.29, 1.82) is 0 Å². The van der Waals surface area contributed by atoms with Crippen LogP contribution in [-0.2, 0) is 6.42 Å². The smallest absolute Gasteiger partial charge is 0.251 e. The number of carbonyl (C=O) groups excluding carboxylic acids is 1. The van der Waals surface area contributed by atoms with Gasteiger partial charge in [-0.2, -0.15) is 4.98 Å². The van der Waals surface area contributed by atoms with E-state index >= 15 is 0 Å². The van der Waals surface area contributed by atoms with E-state index in [0.29, 0.717) is 41.7 Å². The maximum atomic E-state index is 12.2. The van der Waals surface area contributed by atoms with Crippen LogP contribution in [0.4, 0.5) is 0 Å². The molecular weight excluding hydrogens is 330 g/mol. The van der Waals surface area contributed by atoms with E-state index < -0.39 is 0 Å². The number of rotatable bonds is 5. The molecule has 0 spiro atoms. The van der Waals surface area contributed by atoms with Crippen LogP contribution in [0.15, 0.2) is 40.2 Å². The molecule has 24 heavy (non-hydrogen) atoms. The molecule has 0 saturated carbocycles. The molecule has 2 aromatic heterocycles. The van der Waals surface area contributed by atoms with Gasteiger partial charge in [0.1, 0.15) is 0 Å². The number of fused-ring (bicyclic) bond motifs is 1. The molecule has 0 aliphatic carbocycles. The fourth-order valence-electron chi connectivity index (χ4n) is 2.29. The number of hydrogen-bond acceptors (Lipinski definition) is 7. The van der Waals surface area contributed by atoms with Crippen molar-refractivity contribution in [3.8, 4) is 22.2 Å². The van der Waals surface area contributed by atoms with Crippen LogP contribution in [0.5, 0.6) is 11.5 Å². The zero-order chi connectivity index (χ0) is 16.4. The van der Waals surface area contributed by atoms with E-state index in [-0.39, 0.29) is 12.7 Å². The number of carbonyl (C=O) groups is 1. The molecule has 1 aliphatic rings. The molecule has 0 saturated heterocycles. The lowest BCUT2D eigenvalue weighted by molar-refractivity contribution is 0.0953. The Bertz CT molecular complexity index is 860. The molecular formula is C16H13N3O4S. The fourth-order valence-corrected chi connectivity index (χ4v) is 2.93. The van der Waals surface area contributed by atoms with E-state index in [1.54, 1.807) is 29.5 Å². The highest BCUT2D eigenvalue weighted by Gasteiger charge is 2.16. The lowest BCUT2D eigenvalue weighted by Crippen LogP contribution is -2.25. The highest BCUT2D eigenvalue weighted by molar-refractivity contribution is 7.13. The summed E-state index contributed by atoms with van der Waals surface area (Å²) < 4.78 is 15.7. The summed E-state index contributed by atoms with van der Waals surface area (Å²) >= 11 is 1.55. The monoisotopic (exact) mass is 343 g/mol. The van der Waals surface area contributed by atoms with Crippen LogP contribution in [0, 0.1) is 0 Å². The summed E-state index contributed by atoms with van der Waals surface area (Å²) in [6.45, 7) is 0.587. The number of nitrogens with zero attached hydrogens (tertiary/aromatic N) is 2. The minimum Gasteiger partial charge on any atom is -0.454 e. The molecule has 0 atom stereocenters. The molecule has 1 N–H and O–H groups in total. The van der Waals surface area contributed by atoms with Crippen molar-refractivity contribution in [3.63, 3.8) is 0 Å². The van der Waals surface area contributed by atoms with Gasteiger partial charge >= 0.3 is 0 Å². The summed E-state index contributed by atoms with van der Waals surface area (Å²) in [5.74, 6) is 2.11. The minimum absolute atomic E-state index is 0.185. The summed E-state index contributed by atoms with van der Waals surface area (Å²) in [7, 11) is 0. The Balaban J connectivity index is 1.33. The van der Waals surface area contributed by atoms with Gasteiger partial charge in [0.25, 0.3) is 5.91 Å². The van der Waals surface area contributed by atoms with Crippen molar-refractivity contribution in [2.24, 2.45) is 0 Å². The predicted octanol–water partition coefficient (Wildman–Crippen LogP) is 2.50. The van der Waals surface area contributed by atoms with Gasteiger partial charge in [-0.25, -0.2) is 0 Å². The first-order valence-electron chi connectivity index (χ1n) is 7.34. The van der Waals surface area contributed by atoms with Crippen LogP contribution < -0.4 is 14.8 Å². The standard InChI is InChI=1S/C16H13N3O4S/c20-16(10-3-4-11-12(8-10)22-9-21-11)17-6-5-14-18-15(19-23-14)13-2-1-7-24-13/h1-4,7-8H,5-6,9H2,(H,17,20). The molecule has 4 rings (SSSR count). The molecule has 1 aromatic carbocycles. The van der Waals surface area contributed by atoms with Gasteiger partial charge in [0.2, 0.25) is 18.5 Å². The van der Waals surface area contributed by atoms with Gasteiger partial charge in [0.15, 0.2) is 11.5 Å². The van der Waals surface area contributed by atoms with Gasteiger partial charge < -0.3 is 19.3 Å². The Labute approximate surface area is 141 Å². The Morgan fingerprint density at radius 1 is 1.25 bits per heavy atom. The summed E-state index contributed by atoms with van der Waals surface area (Å²) in [6, 6.07) is 8.95. The van der Waals surface area contributed by atoms with Gasteiger partial charge in [-0.1, -0.05) is 11.2 Å². The van der Waals surface area contributed by atoms with Crippen LogP contribution in [0.25, 0.3) is 10.7 Å². The number of benzene rings is 1. The van der Waals surface area contributed by atoms with Gasteiger partial charge in [-0.3, -0.25) is 4.79 Å². The van der Waals surface area contributed by atoms with Crippen molar-refractivity contribution >= 4 is 17.2 Å². The fraction of sp³-hybridized carbons (Fsp3) is 0.188. The quantitative estimate of drug-likeness (QED) is 0.766. The third-order valence-corrected chi connectivity index (χ3v) is 4.33. The number of thiophene rings is 1. The molecule has 0 bridgehead atoms. The molecule has 8 heteroatoms. The average Bonchev–Trinajstić information content (AvgIpc) is 3.34. The van der Waals surface area contributed by atoms with E-state index in [9.17, 15) is 4.79 Å². The minimum atomic E-state index is -0.189. The number of nitrogens with one attached hydrogen (secondary N) is 1. The number of aromatic nitrogens is 2. The van der Waals surface area contributed by atoms with Crippen molar-refractivity contribution in [3.05, 3.63) is 47.2 Å². The second-order valence-electron chi connectivity index (χ2n) is 5.06. The summed E-state index contributed by atoms with van der Waals surface area (Å²) in [6.07, 6.45) is 0.467. The highest BCUT2D eigenvalue weighted by Crippen LogP contribution is 2.32. The number of amides is 1. The second-order valence-corrected chi connectivity index (χ2v) is 6.01. The van der Waals surface area contributed by atoms with Crippen molar-refractivity contribution in [2.75, 3.05) is 13.3 Å². The van der Waals surface area contributed by atoms with Crippen molar-refractivity contribution < 1.29 is 18.8 Å². The van der Waals surface area contributed by atoms with Crippen molar-refractivity contribution in [2.45, 2.75) is 6.42 Å². The highest BCUT2D eigenvalue weighted by atomic mass is 32.1. The number of hydrogen-bond donors (Lipinski definition) is 1. The Hall–Kier alpha value is -2.87. The van der Waals surface area contributed by atoms with E-state index in [1.165, 1.54) is 0 Å². The normalized spacial score (nSPS) is 12.3. The summed E-state index contributed by atoms with van der Waals surface area (Å²) in [5, 5.41) is 8.71. The van der Waals surface area contributed by atoms with Gasteiger partial charge in [0, 0.05) is 18.5 Å². The first kappa shape index (κ1) is 14.7. The van der Waals surface area contributed by atoms with Crippen LogP contribution >= 0.6 is 11.3 Å². The third kappa shape index (κ3) is 2.95. The average molecular weight is 343 g/mol. The van der Waals surface area contributed by atoms with Gasteiger partial charge in [-0.15, -0.1) is 11.3 Å². The number of ether oxygens (including phenoxy) is 2. The Morgan fingerprint density at radius 2 is 2.17 bits per heavy atom. The molecule has 0 unspecified atom stereocenters. The molecule has 122 valence electrons. The maximum absolute atomic E-state index is 12.2. The molecule has 1 aliphatic heterocycles. The van der Waals surface area contributed by atoms with E-state index in [1.807, 2.05) is 17.5 Å². The lowest BCUT2D eigenvalue weighted by atomic mass is 10.2.